The number of H-pyrrole nitrogens is 1. The number of aromatic amines is 1. The average Bonchev–Trinajstić information content (AvgIpc) is 3.58. The fraction of sp³-hybridized carbons (Fsp3) is 0.407. The first-order valence-corrected chi connectivity index (χ1v) is 13.0. The van der Waals surface area contributed by atoms with Crippen LogP contribution in [0, 0.1) is 0 Å². The molecule has 12 heteroatoms. The summed E-state index contributed by atoms with van der Waals surface area (Å²) in [7, 11) is 0. The molecule has 39 heavy (non-hydrogen) atoms. The van der Waals surface area contributed by atoms with Crippen LogP contribution >= 0.6 is 0 Å². The van der Waals surface area contributed by atoms with Crippen LogP contribution in [-0.2, 0) is 5.60 Å². The molecule has 6 rings (SSSR count). The monoisotopic (exact) mass is 529 g/mol. The second-order valence-corrected chi connectivity index (χ2v) is 11.1. The standard InChI is InChI=1S/C27H31N9O3/c1-13(37)21-22(15-8-16-5-6-17(9-15)35(16)26(38)19-11-31-34-23(19)28)33-25-18(12-32-36(25)24(21)29)14-4-7-20(30-10-14)27(2,3)39/h4,7,10-12,15-17,39H,5-6,8-9,29H2,1-3H3,(H3,28,31,34)/t15-,16-,17+. The fourth-order valence-corrected chi connectivity index (χ4v) is 6.15. The van der Waals surface area contributed by atoms with Gasteiger partial charge in [-0.2, -0.15) is 14.7 Å². The molecule has 0 aromatic carbocycles. The highest BCUT2D eigenvalue weighted by Gasteiger charge is 2.45. The maximum atomic E-state index is 13.3. The summed E-state index contributed by atoms with van der Waals surface area (Å²) in [6, 6.07) is 3.62. The molecule has 4 aromatic heterocycles. The summed E-state index contributed by atoms with van der Waals surface area (Å²) in [5.41, 5.74) is 15.4. The molecule has 2 aliphatic heterocycles. The highest BCUT2D eigenvalue weighted by atomic mass is 16.3. The van der Waals surface area contributed by atoms with Crippen molar-refractivity contribution in [3.63, 3.8) is 0 Å². The number of hydrogen-bond donors (Lipinski definition) is 4. The largest absolute Gasteiger partial charge is 0.384 e. The van der Waals surface area contributed by atoms with E-state index in [1.54, 1.807) is 32.3 Å². The number of pyridine rings is 1. The zero-order valence-electron chi connectivity index (χ0n) is 22.0. The number of hydrogen-bond acceptors (Lipinski definition) is 9. The van der Waals surface area contributed by atoms with E-state index in [4.69, 9.17) is 16.5 Å². The summed E-state index contributed by atoms with van der Waals surface area (Å²) in [5.74, 6) is 0.146. The number of aliphatic hydroxyl groups is 1. The van der Waals surface area contributed by atoms with Crippen molar-refractivity contribution in [1.82, 2.24) is 34.7 Å². The van der Waals surface area contributed by atoms with E-state index in [0.29, 0.717) is 41.0 Å². The maximum absolute atomic E-state index is 13.3. The van der Waals surface area contributed by atoms with Gasteiger partial charge in [0, 0.05) is 35.3 Å². The number of rotatable bonds is 5. The molecule has 0 aliphatic carbocycles. The van der Waals surface area contributed by atoms with Gasteiger partial charge >= 0.3 is 0 Å². The van der Waals surface area contributed by atoms with Gasteiger partial charge < -0.3 is 21.5 Å². The van der Waals surface area contributed by atoms with E-state index < -0.39 is 5.60 Å². The second kappa shape index (κ2) is 8.87. The molecule has 1 amide bonds. The Hall–Kier alpha value is -4.32. The van der Waals surface area contributed by atoms with Crippen LogP contribution in [0.25, 0.3) is 16.8 Å². The lowest BCUT2D eigenvalue weighted by Gasteiger charge is -2.39. The van der Waals surface area contributed by atoms with E-state index in [1.807, 2.05) is 11.0 Å². The molecule has 0 unspecified atom stereocenters. The van der Waals surface area contributed by atoms with E-state index in [2.05, 4.69) is 20.3 Å². The highest BCUT2D eigenvalue weighted by molar-refractivity contribution is 6.01. The number of nitrogens with two attached hydrogens (primary N) is 2. The highest BCUT2D eigenvalue weighted by Crippen LogP contribution is 2.45. The summed E-state index contributed by atoms with van der Waals surface area (Å²) in [5, 5.41) is 21.2. The second-order valence-electron chi connectivity index (χ2n) is 11.1. The van der Waals surface area contributed by atoms with E-state index in [-0.39, 0.29) is 41.3 Å². The number of amides is 1. The Labute approximate surface area is 224 Å². The summed E-state index contributed by atoms with van der Waals surface area (Å²) in [6.45, 7) is 4.85. The molecule has 2 aliphatic rings. The predicted octanol–water partition coefficient (Wildman–Crippen LogP) is 2.66. The zero-order chi connectivity index (χ0) is 27.6. The number of nitrogen functional groups attached to an aromatic ring is 2. The molecule has 0 radical (unpaired) electrons. The van der Waals surface area contributed by atoms with Crippen LogP contribution in [0.1, 0.15) is 84.5 Å². The Morgan fingerprint density at radius 3 is 2.38 bits per heavy atom. The van der Waals surface area contributed by atoms with Gasteiger partial charge in [-0.15, -0.1) is 0 Å². The van der Waals surface area contributed by atoms with Gasteiger partial charge in [-0.05, 0) is 52.5 Å². The minimum absolute atomic E-state index is 0.00225. The van der Waals surface area contributed by atoms with Gasteiger partial charge in [-0.1, -0.05) is 6.07 Å². The van der Waals surface area contributed by atoms with Crippen molar-refractivity contribution < 1.29 is 14.7 Å². The van der Waals surface area contributed by atoms with E-state index >= 15 is 0 Å². The van der Waals surface area contributed by atoms with Crippen LogP contribution in [-0.4, -0.2) is 63.6 Å². The fourth-order valence-electron chi connectivity index (χ4n) is 6.15. The molecule has 12 nitrogen and oxygen atoms in total. The van der Waals surface area contributed by atoms with Crippen molar-refractivity contribution >= 4 is 29.0 Å². The number of ketones is 1. The third kappa shape index (κ3) is 4.02. The van der Waals surface area contributed by atoms with Gasteiger partial charge in [0.25, 0.3) is 5.91 Å². The third-order valence-electron chi connectivity index (χ3n) is 8.02. The first-order valence-electron chi connectivity index (χ1n) is 13.0. The minimum atomic E-state index is -1.06. The number of carbonyl (C=O) groups is 2. The summed E-state index contributed by atoms with van der Waals surface area (Å²) in [6.07, 6.45) is 7.86. The Kier molecular flexibility index (Phi) is 5.68. The van der Waals surface area contributed by atoms with Crippen molar-refractivity contribution in [3.05, 3.63) is 53.2 Å². The van der Waals surface area contributed by atoms with Crippen molar-refractivity contribution in [2.24, 2.45) is 0 Å². The van der Waals surface area contributed by atoms with Gasteiger partial charge in [-0.25, -0.2) is 4.98 Å². The Bertz CT molecular complexity index is 1590. The van der Waals surface area contributed by atoms with Gasteiger partial charge in [0.1, 0.15) is 22.8 Å². The van der Waals surface area contributed by atoms with E-state index in [1.165, 1.54) is 17.6 Å². The first-order chi connectivity index (χ1) is 18.5. The molecular formula is C27H31N9O3. The summed E-state index contributed by atoms with van der Waals surface area (Å²) in [4.78, 5) is 37.5. The molecule has 6 N–H and O–H groups in total. The Morgan fingerprint density at radius 1 is 1.10 bits per heavy atom. The van der Waals surface area contributed by atoms with Crippen LogP contribution < -0.4 is 11.5 Å². The SMILES string of the molecule is CC(=O)c1c([C@@H]2C[C@H]3CC[C@@H](C2)N3C(=O)c2cn[nH]c2N)nc2c(-c3ccc(C(C)(C)O)nc3)cnn2c1N. The zero-order valence-corrected chi connectivity index (χ0v) is 22.0. The van der Waals surface area contributed by atoms with Crippen molar-refractivity contribution in [3.8, 4) is 11.1 Å². The van der Waals surface area contributed by atoms with Gasteiger partial charge in [0.2, 0.25) is 0 Å². The summed E-state index contributed by atoms with van der Waals surface area (Å²) >= 11 is 0. The van der Waals surface area contributed by atoms with Gasteiger partial charge in [0.05, 0.1) is 29.3 Å². The molecule has 2 bridgehead atoms. The van der Waals surface area contributed by atoms with Crippen LogP contribution in [0.2, 0.25) is 0 Å². The number of piperidine rings is 1. The van der Waals surface area contributed by atoms with Crippen LogP contribution in [0.3, 0.4) is 0 Å². The summed E-state index contributed by atoms with van der Waals surface area (Å²) < 4.78 is 1.49. The Morgan fingerprint density at radius 2 is 1.82 bits per heavy atom. The van der Waals surface area contributed by atoms with Crippen LogP contribution in [0.15, 0.2) is 30.7 Å². The predicted molar refractivity (Wildman–Crippen MR) is 144 cm³/mol. The smallest absolute Gasteiger partial charge is 0.259 e. The third-order valence-corrected chi connectivity index (χ3v) is 8.02. The lowest BCUT2D eigenvalue weighted by molar-refractivity contribution is 0.0569. The molecular weight excluding hydrogens is 498 g/mol. The lowest BCUT2D eigenvalue weighted by Crippen LogP contribution is -2.46. The minimum Gasteiger partial charge on any atom is -0.384 e. The number of carbonyl (C=O) groups excluding carboxylic acids is 2. The lowest BCUT2D eigenvalue weighted by atomic mass is 9.85. The van der Waals surface area contributed by atoms with Gasteiger partial charge in [0.15, 0.2) is 11.4 Å². The molecule has 0 saturated carbocycles. The molecule has 0 spiro atoms. The number of nitrogens with zero attached hydrogens (tertiary/aromatic N) is 6. The van der Waals surface area contributed by atoms with Crippen molar-refractivity contribution in [1.29, 1.82) is 0 Å². The number of anilines is 2. The molecule has 2 saturated heterocycles. The average molecular weight is 530 g/mol. The van der Waals surface area contributed by atoms with Crippen LogP contribution in [0.4, 0.5) is 11.6 Å². The Balaban J connectivity index is 1.39. The number of Topliss-reactive ketones (excluding diaryl/α,β-unsaturated/α-hetero) is 1. The van der Waals surface area contributed by atoms with E-state index in [9.17, 15) is 14.7 Å². The topological polar surface area (TPSA) is 181 Å². The molecule has 2 fully saturated rings. The molecule has 4 aromatic rings. The van der Waals surface area contributed by atoms with E-state index in [0.717, 1.165) is 24.0 Å². The van der Waals surface area contributed by atoms with Crippen LogP contribution in [0.5, 0.6) is 0 Å². The molecule has 3 atom stereocenters. The number of nitrogens with one attached hydrogen (secondary N) is 1. The molecule has 202 valence electrons. The maximum Gasteiger partial charge on any atom is 0.259 e. The number of aromatic nitrogens is 6. The normalized spacial score (nSPS) is 21.0. The number of fused-ring (bicyclic) bond motifs is 3. The molecule has 6 heterocycles. The van der Waals surface area contributed by atoms with Crippen molar-refractivity contribution in [2.45, 2.75) is 70.1 Å². The van der Waals surface area contributed by atoms with Gasteiger partial charge in [-0.3, -0.25) is 19.7 Å². The van der Waals surface area contributed by atoms with Crippen molar-refractivity contribution in [2.75, 3.05) is 11.5 Å². The first kappa shape index (κ1) is 25.0. The quantitative estimate of drug-likeness (QED) is 0.282.